The number of hydrogen-bond acceptors (Lipinski definition) is 4. The van der Waals surface area contributed by atoms with Crippen LogP contribution < -0.4 is 14.8 Å². The molecule has 0 aromatic heterocycles. The minimum absolute atomic E-state index is 0.00732. The first kappa shape index (κ1) is 21.5. The molecule has 3 aromatic carbocycles. The van der Waals surface area contributed by atoms with Gasteiger partial charge in [-0.15, -0.1) is 0 Å². The van der Waals surface area contributed by atoms with E-state index in [0.29, 0.717) is 19.5 Å². The van der Waals surface area contributed by atoms with E-state index in [0.717, 1.165) is 22.0 Å². The molecule has 0 radical (unpaired) electrons. The summed E-state index contributed by atoms with van der Waals surface area (Å²) >= 11 is 0. The third-order valence-electron chi connectivity index (χ3n) is 4.68. The van der Waals surface area contributed by atoms with E-state index in [1.807, 2.05) is 54.4 Å². The van der Waals surface area contributed by atoms with Gasteiger partial charge in [-0.2, -0.15) is 8.78 Å². The molecule has 0 bridgehead atoms. The van der Waals surface area contributed by atoms with E-state index in [2.05, 4.69) is 10.1 Å². The Bertz CT molecular complexity index is 1010. The zero-order chi connectivity index (χ0) is 21.5. The second-order valence-electron chi connectivity index (χ2n) is 6.93. The number of halogens is 2. The van der Waals surface area contributed by atoms with E-state index in [1.54, 1.807) is 12.1 Å². The van der Waals surface area contributed by atoms with E-state index in [9.17, 15) is 13.6 Å². The molecule has 0 heterocycles. The number of alkyl halides is 2. The Morgan fingerprint density at radius 2 is 1.83 bits per heavy atom. The van der Waals surface area contributed by atoms with Gasteiger partial charge in [-0.3, -0.25) is 4.79 Å². The van der Waals surface area contributed by atoms with Gasteiger partial charge in [0.15, 0.2) is 11.5 Å². The van der Waals surface area contributed by atoms with E-state index in [4.69, 9.17) is 4.74 Å². The molecule has 3 rings (SSSR count). The lowest BCUT2D eigenvalue weighted by Crippen LogP contribution is -2.24. The quantitative estimate of drug-likeness (QED) is 0.541. The number of ether oxygens (including phenoxy) is 2. The van der Waals surface area contributed by atoms with Crippen molar-refractivity contribution < 1.29 is 23.0 Å². The van der Waals surface area contributed by atoms with Gasteiger partial charge in [-0.1, -0.05) is 42.5 Å². The van der Waals surface area contributed by atoms with Gasteiger partial charge in [0.05, 0.1) is 7.11 Å². The third kappa shape index (κ3) is 5.67. The fourth-order valence-electron chi connectivity index (χ4n) is 3.24. The highest BCUT2D eigenvalue weighted by Gasteiger charge is 2.13. The summed E-state index contributed by atoms with van der Waals surface area (Å²) in [4.78, 5) is 14.4. The second-order valence-corrected chi connectivity index (χ2v) is 6.93. The highest BCUT2D eigenvalue weighted by atomic mass is 19.3. The Morgan fingerprint density at radius 1 is 1.07 bits per heavy atom. The summed E-state index contributed by atoms with van der Waals surface area (Å²) in [7, 11) is 3.26. The van der Waals surface area contributed by atoms with Crippen molar-refractivity contribution in [3.63, 3.8) is 0 Å². The molecule has 158 valence electrons. The lowest BCUT2D eigenvalue weighted by Gasteiger charge is -2.18. The van der Waals surface area contributed by atoms with Gasteiger partial charge in [0.1, 0.15) is 0 Å². The number of benzene rings is 3. The zero-order valence-corrected chi connectivity index (χ0v) is 16.9. The zero-order valence-electron chi connectivity index (χ0n) is 16.9. The molecule has 0 saturated heterocycles. The maximum Gasteiger partial charge on any atom is 0.387 e. The van der Waals surface area contributed by atoms with Crippen LogP contribution in [0.4, 0.5) is 14.5 Å². The molecule has 0 fully saturated rings. The molecule has 0 atom stereocenters. The number of rotatable bonds is 9. The summed E-state index contributed by atoms with van der Waals surface area (Å²) < 4.78 is 34.7. The van der Waals surface area contributed by atoms with Crippen molar-refractivity contribution in [3.05, 3.63) is 66.2 Å². The van der Waals surface area contributed by atoms with E-state index in [-0.39, 0.29) is 17.4 Å². The molecule has 0 unspecified atom stereocenters. The van der Waals surface area contributed by atoms with Gasteiger partial charge in [0.25, 0.3) is 0 Å². The molecule has 30 heavy (non-hydrogen) atoms. The molecular formula is C23H24F2N2O3. The number of anilines is 1. The summed E-state index contributed by atoms with van der Waals surface area (Å²) in [6.07, 6.45) is 0.302. The van der Waals surface area contributed by atoms with Crippen LogP contribution in [-0.4, -0.2) is 38.1 Å². The van der Waals surface area contributed by atoms with Crippen LogP contribution in [0.3, 0.4) is 0 Å². The molecule has 5 nitrogen and oxygen atoms in total. The van der Waals surface area contributed by atoms with Crippen molar-refractivity contribution in [1.29, 1.82) is 0 Å². The monoisotopic (exact) mass is 414 g/mol. The maximum atomic E-state index is 12.6. The van der Waals surface area contributed by atoms with Crippen molar-refractivity contribution >= 4 is 22.4 Å². The van der Waals surface area contributed by atoms with Crippen molar-refractivity contribution in [2.45, 2.75) is 19.6 Å². The van der Waals surface area contributed by atoms with Gasteiger partial charge < -0.3 is 19.7 Å². The average molecular weight is 414 g/mol. The molecule has 0 aliphatic heterocycles. The first-order valence-electron chi connectivity index (χ1n) is 9.54. The Kier molecular flexibility index (Phi) is 7.19. The molecule has 0 aliphatic rings. The standard InChI is InChI=1S/C23H24F2N2O3/c1-27(15-16-10-11-20(29-2)21(14-16)30-23(24)25)13-12-22(28)26-19-9-5-7-17-6-3-4-8-18(17)19/h3-11,14,23H,12-13,15H2,1-2H3,(H,26,28). The molecule has 7 heteroatoms. The summed E-state index contributed by atoms with van der Waals surface area (Å²) in [6.45, 7) is -1.94. The maximum absolute atomic E-state index is 12.6. The van der Waals surface area contributed by atoms with Crippen LogP contribution in [0.15, 0.2) is 60.7 Å². The number of hydrogen-bond donors (Lipinski definition) is 1. The van der Waals surface area contributed by atoms with Crippen molar-refractivity contribution in [2.24, 2.45) is 0 Å². The highest BCUT2D eigenvalue weighted by Crippen LogP contribution is 2.30. The number of methoxy groups -OCH3 is 1. The predicted molar refractivity (Wildman–Crippen MR) is 113 cm³/mol. The van der Waals surface area contributed by atoms with Crippen LogP contribution in [0.2, 0.25) is 0 Å². The molecule has 0 saturated carbocycles. The Balaban J connectivity index is 1.56. The number of nitrogens with one attached hydrogen (secondary N) is 1. The second kappa shape index (κ2) is 10.0. The summed E-state index contributed by atoms with van der Waals surface area (Å²) in [5.41, 5.74) is 1.56. The van der Waals surface area contributed by atoms with Gasteiger partial charge in [0, 0.05) is 30.6 Å². The van der Waals surface area contributed by atoms with Gasteiger partial charge in [-0.25, -0.2) is 0 Å². The van der Waals surface area contributed by atoms with Crippen molar-refractivity contribution in [2.75, 3.05) is 26.0 Å². The fourth-order valence-corrected chi connectivity index (χ4v) is 3.24. The Hall–Kier alpha value is -3.19. The van der Waals surface area contributed by atoms with E-state index >= 15 is 0 Å². The van der Waals surface area contributed by atoms with Gasteiger partial charge in [-0.05, 0) is 36.2 Å². The van der Waals surface area contributed by atoms with E-state index in [1.165, 1.54) is 13.2 Å². The number of carbonyl (C=O) groups excluding carboxylic acids is 1. The number of fused-ring (bicyclic) bond motifs is 1. The topological polar surface area (TPSA) is 50.8 Å². The highest BCUT2D eigenvalue weighted by molar-refractivity contribution is 6.02. The fraction of sp³-hybridized carbons (Fsp3) is 0.261. The van der Waals surface area contributed by atoms with Crippen molar-refractivity contribution in [1.82, 2.24) is 4.90 Å². The normalized spacial score (nSPS) is 11.1. The third-order valence-corrected chi connectivity index (χ3v) is 4.68. The first-order valence-corrected chi connectivity index (χ1v) is 9.54. The molecule has 0 spiro atoms. The average Bonchev–Trinajstić information content (AvgIpc) is 2.72. The van der Waals surface area contributed by atoms with Crippen LogP contribution in [0.25, 0.3) is 10.8 Å². The summed E-state index contributed by atoms with van der Waals surface area (Å²) in [5.74, 6) is 0.151. The van der Waals surface area contributed by atoms with Crippen LogP contribution in [0.5, 0.6) is 11.5 Å². The molecule has 0 aliphatic carbocycles. The minimum Gasteiger partial charge on any atom is -0.493 e. The minimum atomic E-state index is -2.93. The van der Waals surface area contributed by atoms with Gasteiger partial charge in [0.2, 0.25) is 5.91 Å². The Morgan fingerprint density at radius 3 is 2.60 bits per heavy atom. The predicted octanol–water partition coefficient (Wildman–Crippen LogP) is 4.91. The lowest BCUT2D eigenvalue weighted by atomic mass is 10.1. The van der Waals surface area contributed by atoms with Gasteiger partial charge >= 0.3 is 6.61 Å². The lowest BCUT2D eigenvalue weighted by molar-refractivity contribution is -0.116. The molecule has 1 N–H and O–H groups in total. The van der Waals surface area contributed by atoms with E-state index < -0.39 is 6.61 Å². The van der Waals surface area contributed by atoms with Crippen LogP contribution in [0.1, 0.15) is 12.0 Å². The first-order chi connectivity index (χ1) is 14.5. The molecular weight excluding hydrogens is 390 g/mol. The van der Waals surface area contributed by atoms with Crippen LogP contribution >= 0.6 is 0 Å². The largest absolute Gasteiger partial charge is 0.493 e. The van der Waals surface area contributed by atoms with Crippen LogP contribution in [0, 0.1) is 0 Å². The number of carbonyl (C=O) groups is 1. The summed E-state index contributed by atoms with van der Waals surface area (Å²) in [6, 6.07) is 18.6. The molecule has 1 amide bonds. The smallest absolute Gasteiger partial charge is 0.387 e. The van der Waals surface area contributed by atoms with Crippen LogP contribution in [-0.2, 0) is 11.3 Å². The number of amides is 1. The SMILES string of the molecule is COc1ccc(CN(C)CCC(=O)Nc2cccc3ccccc23)cc1OC(F)F. The number of nitrogens with zero attached hydrogens (tertiary/aromatic N) is 1. The summed E-state index contributed by atoms with van der Waals surface area (Å²) in [5, 5.41) is 5.02. The molecule has 3 aromatic rings. The Labute approximate surface area is 174 Å². The van der Waals surface area contributed by atoms with Crippen molar-refractivity contribution in [3.8, 4) is 11.5 Å².